The lowest BCUT2D eigenvalue weighted by Crippen LogP contribution is -2.49. The van der Waals surface area contributed by atoms with E-state index in [9.17, 15) is 4.79 Å². The minimum atomic E-state index is 0.226. The van der Waals surface area contributed by atoms with Crippen LogP contribution in [0.1, 0.15) is 36.9 Å². The van der Waals surface area contributed by atoms with Gasteiger partial charge in [0.1, 0.15) is 0 Å². The van der Waals surface area contributed by atoms with Crippen molar-refractivity contribution in [2.75, 3.05) is 19.6 Å². The van der Waals surface area contributed by atoms with Crippen molar-refractivity contribution in [2.24, 2.45) is 12.5 Å². The molecule has 20 heavy (non-hydrogen) atoms. The molecule has 5 nitrogen and oxygen atoms in total. The van der Waals surface area contributed by atoms with Gasteiger partial charge in [-0.25, -0.2) is 0 Å². The predicted molar refractivity (Wildman–Crippen MR) is 77.1 cm³/mol. The van der Waals surface area contributed by atoms with Gasteiger partial charge >= 0.3 is 0 Å². The molecule has 2 fully saturated rings. The second kappa shape index (κ2) is 5.20. The van der Waals surface area contributed by atoms with Gasteiger partial charge in [0.05, 0.1) is 5.69 Å². The van der Waals surface area contributed by atoms with E-state index in [1.54, 1.807) is 0 Å². The van der Waals surface area contributed by atoms with Crippen LogP contribution in [0.4, 0.5) is 0 Å². The highest BCUT2D eigenvalue weighted by molar-refractivity contribution is 5.76. The van der Waals surface area contributed by atoms with Crippen LogP contribution in [0.5, 0.6) is 0 Å². The molecule has 0 atom stereocenters. The Bertz CT molecular complexity index is 488. The zero-order valence-corrected chi connectivity index (χ0v) is 12.5. The quantitative estimate of drug-likeness (QED) is 0.883. The maximum atomic E-state index is 11.3. The standard InChI is InChI=1S/C15H24N4O/c1-12-13(9-18(2)17-12)10-19-7-5-15(6-8-19)4-3-14(20)16-11-15/h9H,3-8,10-11H2,1-2H3,(H,16,20). The van der Waals surface area contributed by atoms with Crippen LogP contribution >= 0.6 is 0 Å². The van der Waals surface area contributed by atoms with E-state index in [1.807, 2.05) is 11.7 Å². The molecule has 1 amide bonds. The SMILES string of the molecule is Cc1nn(C)cc1CN1CCC2(CCC(=O)NC2)CC1. The average molecular weight is 276 g/mol. The van der Waals surface area contributed by atoms with Crippen molar-refractivity contribution in [3.8, 4) is 0 Å². The van der Waals surface area contributed by atoms with E-state index in [-0.39, 0.29) is 5.91 Å². The number of hydrogen-bond donors (Lipinski definition) is 1. The van der Waals surface area contributed by atoms with Crippen LogP contribution in [0.3, 0.4) is 0 Å². The number of hydrogen-bond acceptors (Lipinski definition) is 3. The fraction of sp³-hybridized carbons (Fsp3) is 0.733. The summed E-state index contributed by atoms with van der Waals surface area (Å²) in [6, 6.07) is 0. The Morgan fingerprint density at radius 1 is 1.35 bits per heavy atom. The molecule has 3 rings (SSSR count). The molecule has 5 heteroatoms. The number of nitrogens with zero attached hydrogens (tertiary/aromatic N) is 3. The van der Waals surface area contributed by atoms with Crippen LogP contribution < -0.4 is 5.32 Å². The second-order valence-corrected chi connectivity index (χ2v) is 6.47. The minimum absolute atomic E-state index is 0.226. The number of piperidine rings is 2. The summed E-state index contributed by atoms with van der Waals surface area (Å²) >= 11 is 0. The summed E-state index contributed by atoms with van der Waals surface area (Å²) in [5.74, 6) is 0.226. The van der Waals surface area contributed by atoms with Gasteiger partial charge < -0.3 is 5.32 Å². The first-order chi connectivity index (χ1) is 9.56. The van der Waals surface area contributed by atoms with E-state index >= 15 is 0 Å². The first-order valence-electron chi connectivity index (χ1n) is 7.55. The van der Waals surface area contributed by atoms with Crippen molar-refractivity contribution in [3.05, 3.63) is 17.5 Å². The van der Waals surface area contributed by atoms with Gasteiger partial charge in [0.25, 0.3) is 0 Å². The van der Waals surface area contributed by atoms with Crippen LogP contribution in [0, 0.1) is 12.3 Å². The molecule has 0 unspecified atom stereocenters. The Labute approximate surface area is 120 Å². The molecule has 0 aliphatic carbocycles. The smallest absolute Gasteiger partial charge is 0.220 e. The summed E-state index contributed by atoms with van der Waals surface area (Å²) in [5.41, 5.74) is 2.84. The zero-order valence-electron chi connectivity index (χ0n) is 12.5. The maximum Gasteiger partial charge on any atom is 0.220 e. The Balaban J connectivity index is 1.56. The summed E-state index contributed by atoms with van der Waals surface area (Å²) in [4.78, 5) is 13.8. The van der Waals surface area contributed by atoms with E-state index in [0.29, 0.717) is 11.8 Å². The third kappa shape index (κ3) is 2.73. The summed E-state index contributed by atoms with van der Waals surface area (Å²) in [5, 5.41) is 7.46. The second-order valence-electron chi connectivity index (χ2n) is 6.47. The van der Waals surface area contributed by atoms with Crippen LogP contribution in [0.2, 0.25) is 0 Å². The fourth-order valence-corrected chi connectivity index (χ4v) is 3.50. The van der Waals surface area contributed by atoms with Gasteiger partial charge in [-0.15, -0.1) is 0 Å². The lowest BCUT2D eigenvalue weighted by atomic mass is 9.73. The summed E-state index contributed by atoms with van der Waals surface area (Å²) in [7, 11) is 1.98. The van der Waals surface area contributed by atoms with Gasteiger partial charge in [0.2, 0.25) is 5.91 Å². The molecule has 0 bridgehead atoms. The summed E-state index contributed by atoms with van der Waals surface area (Å²) in [6.07, 6.45) is 6.31. The number of carbonyl (C=O) groups is 1. The molecule has 3 heterocycles. The average Bonchev–Trinajstić information content (AvgIpc) is 2.74. The number of rotatable bonds is 2. The van der Waals surface area contributed by atoms with Gasteiger partial charge in [0.15, 0.2) is 0 Å². The first-order valence-corrected chi connectivity index (χ1v) is 7.55. The topological polar surface area (TPSA) is 50.2 Å². The Hall–Kier alpha value is -1.36. The van der Waals surface area contributed by atoms with Gasteiger partial charge in [-0.05, 0) is 44.7 Å². The highest BCUT2D eigenvalue weighted by Gasteiger charge is 2.37. The molecule has 0 aromatic carbocycles. The highest BCUT2D eigenvalue weighted by atomic mass is 16.1. The lowest BCUT2D eigenvalue weighted by Gasteiger charge is -2.44. The Morgan fingerprint density at radius 3 is 2.65 bits per heavy atom. The number of nitrogens with one attached hydrogen (secondary N) is 1. The minimum Gasteiger partial charge on any atom is -0.356 e. The molecule has 1 aromatic heterocycles. The molecular formula is C15H24N4O. The van der Waals surface area contributed by atoms with Crippen LogP contribution in [0.15, 0.2) is 6.20 Å². The molecule has 2 saturated heterocycles. The number of likely N-dealkylation sites (tertiary alicyclic amines) is 1. The van der Waals surface area contributed by atoms with E-state index in [1.165, 1.54) is 18.4 Å². The Morgan fingerprint density at radius 2 is 2.10 bits per heavy atom. The summed E-state index contributed by atoms with van der Waals surface area (Å²) in [6.45, 7) is 6.22. The number of amides is 1. The van der Waals surface area contributed by atoms with E-state index in [2.05, 4.69) is 28.4 Å². The van der Waals surface area contributed by atoms with Crippen molar-refractivity contribution in [2.45, 2.75) is 39.2 Å². The summed E-state index contributed by atoms with van der Waals surface area (Å²) < 4.78 is 1.90. The molecule has 1 aromatic rings. The van der Waals surface area contributed by atoms with Crippen LogP contribution in [-0.2, 0) is 18.4 Å². The third-order valence-corrected chi connectivity index (χ3v) is 4.97. The predicted octanol–water partition coefficient (Wildman–Crippen LogP) is 1.22. The molecule has 1 N–H and O–H groups in total. The molecule has 2 aliphatic rings. The third-order valence-electron chi connectivity index (χ3n) is 4.97. The Kier molecular flexibility index (Phi) is 3.54. The number of aromatic nitrogens is 2. The molecule has 1 spiro atoms. The van der Waals surface area contributed by atoms with Gasteiger partial charge in [-0.1, -0.05) is 0 Å². The van der Waals surface area contributed by atoms with E-state index in [4.69, 9.17) is 0 Å². The largest absolute Gasteiger partial charge is 0.356 e. The molecule has 2 aliphatic heterocycles. The fourth-order valence-electron chi connectivity index (χ4n) is 3.50. The van der Waals surface area contributed by atoms with Crippen LogP contribution in [0.25, 0.3) is 0 Å². The van der Waals surface area contributed by atoms with Crippen molar-refractivity contribution >= 4 is 5.91 Å². The van der Waals surface area contributed by atoms with Crippen molar-refractivity contribution in [3.63, 3.8) is 0 Å². The number of carbonyl (C=O) groups excluding carboxylic acids is 1. The van der Waals surface area contributed by atoms with Crippen LogP contribution in [-0.4, -0.2) is 40.2 Å². The normalized spacial score (nSPS) is 23.0. The number of aryl methyl sites for hydroxylation is 2. The van der Waals surface area contributed by atoms with Gasteiger partial charge in [-0.3, -0.25) is 14.4 Å². The maximum absolute atomic E-state index is 11.3. The van der Waals surface area contributed by atoms with Crippen molar-refractivity contribution in [1.29, 1.82) is 0 Å². The van der Waals surface area contributed by atoms with Gasteiger partial charge in [-0.2, -0.15) is 5.10 Å². The molecule has 0 radical (unpaired) electrons. The van der Waals surface area contributed by atoms with E-state index < -0.39 is 0 Å². The van der Waals surface area contributed by atoms with E-state index in [0.717, 1.165) is 38.3 Å². The van der Waals surface area contributed by atoms with Crippen molar-refractivity contribution in [1.82, 2.24) is 20.0 Å². The molecular weight excluding hydrogens is 252 g/mol. The van der Waals surface area contributed by atoms with Gasteiger partial charge in [0, 0.05) is 38.3 Å². The highest BCUT2D eigenvalue weighted by Crippen LogP contribution is 2.37. The zero-order chi connectivity index (χ0) is 14.2. The first kappa shape index (κ1) is 13.6. The van der Waals surface area contributed by atoms with Crippen molar-refractivity contribution < 1.29 is 4.79 Å². The molecule has 0 saturated carbocycles. The molecule has 110 valence electrons. The lowest BCUT2D eigenvalue weighted by molar-refractivity contribution is -0.125. The monoisotopic (exact) mass is 276 g/mol.